The Labute approximate surface area is 141 Å². The van der Waals surface area contributed by atoms with Crippen LogP contribution in [0.1, 0.15) is 21.7 Å². The quantitative estimate of drug-likeness (QED) is 0.655. The highest BCUT2D eigenvalue weighted by Crippen LogP contribution is 2.30. The summed E-state index contributed by atoms with van der Waals surface area (Å²) >= 11 is 6.12. The number of thiocarbonyl (C=S) groups is 1. The fourth-order valence-corrected chi connectivity index (χ4v) is 3.22. The largest absolute Gasteiger partial charge is 0.478 e. The van der Waals surface area contributed by atoms with Gasteiger partial charge in [0.2, 0.25) is 0 Å². The average Bonchev–Trinajstić information content (AvgIpc) is 3.06. The van der Waals surface area contributed by atoms with E-state index in [1.807, 2.05) is 6.92 Å². The van der Waals surface area contributed by atoms with E-state index >= 15 is 0 Å². The highest BCUT2D eigenvalue weighted by Gasteiger charge is 2.22. The lowest BCUT2D eigenvalue weighted by atomic mass is 10.0. The van der Waals surface area contributed by atoms with Crippen molar-refractivity contribution in [1.29, 1.82) is 0 Å². The molecule has 1 aliphatic rings. The lowest BCUT2D eigenvalue weighted by molar-refractivity contribution is -0.115. The first kappa shape index (κ1) is 15.5. The Balaban J connectivity index is 1.91. The molecule has 1 fully saturated rings. The number of carboxylic acids is 1. The van der Waals surface area contributed by atoms with E-state index in [0.717, 1.165) is 11.1 Å². The fraction of sp³-hybridized carbons (Fsp3) is 0.0625. The van der Waals surface area contributed by atoms with Gasteiger partial charge in [0.05, 0.1) is 10.5 Å². The van der Waals surface area contributed by atoms with Gasteiger partial charge in [0, 0.05) is 11.6 Å². The highest BCUT2D eigenvalue weighted by atomic mass is 32.2. The molecule has 5 nitrogen and oxygen atoms in total. The number of aromatic carboxylic acids is 1. The predicted molar refractivity (Wildman–Crippen MR) is 92.1 cm³/mol. The molecule has 0 bridgehead atoms. The number of amides is 1. The number of rotatable bonds is 3. The van der Waals surface area contributed by atoms with Gasteiger partial charge < -0.3 is 14.8 Å². The third-order valence-electron chi connectivity index (χ3n) is 3.28. The minimum Gasteiger partial charge on any atom is -0.478 e. The van der Waals surface area contributed by atoms with Crippen molar-refractivity contribution >= 4 is 46.3 Å². The Hall–Kier alpha value is -2.38. The minimum atomic E-state index is -0.968. The van der Waals surface area contributed by atoms with Gasteiger partial charge in [-0.3, -0.25) is 4.79 Å². The first-order valence-corrected chi connectivity index (χ1v) is 7.85. The first-order chi connectivity index (χ1) is 10.9. The Morgan fingerprint density at radius 2 is 2.13 bits per heavy atom. The zero-order valence-electron chi connectivity index (χ0n) is 12.0. The maximum atomic E-state index is 11.6. The molecule has 7 heteroatoms. The number of carbonyl (C=O) groups is 2. The van der Waals surface area contributed by atoms with E-state index in [9.17, 15) is 9.59 Å². The molecule has 0 saturated carbocycles. The zero-order chi connectivity index (χ0) is 16.6. The number of hydrogen-bond donors (Lipinski definition) is 2. The number of hydrogen-bond acceptors (Lipinski definition) is 5. The number of carboxylic acid groups (broad SMARTS) is 1. The summed E-state index contributed by atoms with van der Waals surface area (Å²) in [6.45, 7) is 1.82. The summed E-state index contributed by atoms with van der Waals surface area (Å²) in [5, 5.41) is 11.5. The maximum absolute atomic E-state index is 11.6. The van der Waals surface area contributed by atoms with Gasteiger partial charge in [-0.1, -0.05) is 30.0 Å². The number of aryl methyl sites for hydroxylation is 1. The van der Waals surface area contributed by atoms with E-state index < -0.39 is 5.97 Å². The van der Waals surface area contributed by atoms with Gasteiger partial charge in [-0.05, 0) is 36.8 Å². The van der Waals surface area contributed by atoms with E-state index in [1.54, 1.807) is 30.3 Å². The van der Waals surface area contributed by atoms with E-state index in [2.05, 4.69) is 5.32 Å². The smallest absolute Gasteiger partial charge is 0.335 e. The van der Waals surface area contributed by atoms with Gasteiger partial charge in [-0.25, -0.2) is 4.79 Å². The molecule has 1 aliphatic heterocycles. The highest BCUT2D eigenvalue weighted by molar-refractivity contribution is 8.26. The number of furan rings is 1. The second kappa shape index (κ2) is 6.02. The summed E-state index contributed by atoms with van der Waals surface area (Å²) in [4.78, 5) is 23.1. The summed E-state index contributed by atoms with van der Waals surface area (Å²) in [5.74, 6) is -0.0639. The minimum absolute atomic E-state index is 0.229. The van der Waals surface area contributed by atoms with Crippen LogP contribution in [0, 0.1) is 6.92 Å². The van der Waals surface area contributed by atoms with E-state index in [-0.39, 0.29) is 11.5 Å². The van der Waals surface area contributed by atoms with Crippen molar-refractivity contribution < 1.29 is 19.1 Å². The zero-order valence-corrected chi connectivity index (χ0v) is 13.6. The van der Waals surface area contributed by atoms with E-state index in [4.69, 9.17) is 21.7 Å². The summed E-state index contributed by atoms with van der Waals surface area (Å²) in [6.07, 6.45) is 1.63. The van der Waals surface area contributed by atoms with Gasteiger partial charge in [0.25, 0.3) is 5.91 Å². The molecule has 2 aromatic rings. The van der Waals surface area contributed by atoms with Crippen LogP contribution < -0.4 is 5.32 Å². The third kappa shape index (κ3) is 3.20. The van der Waals surface area contributed by atoms with E-state index in [0.29, 0.717) is 20.7 Å². The molecule has 0 atom stereocenters. The van der Waals surface area contributed by atoms with Gasteiger partial charge in [-0.15, -0.1) is 0 Å². The fourth-order valence-electron chi connectivity index (χ4n) is 2.20. The summed E-state index contributed by atoms with van der Waals surface area (Å²) < 4.78 is 6.16. The maximum Gasteiger partial charge on any atom is 0.335 e. The van der Waals surface area contributed by atoms with Gasteiger partial charge in [0.1, 0.15) is 15.8 Å². The molecule has 1 aromatic carbocycles. The normalized spacial score (nSPS) is 16.0. The predicted octanol–water partition coefficient (Wildman–Crippen LogP) is 3.44. The molecule has 0 aliphatic carbocycles. The molecular formula is C16H11NO4S2. The van der Waals surface area contributed by atoms with Gasteiger partial charge >= 0.3 is 5.97 Å². The van der Waals surface area contributed by atoms with Crippen LogP contribution in [0.5, 0.6) is 0 Å². The van der Waals surface area contributed by atoms with Crippen molar-refractivity contribution in [3.8, 4) is 11.3 Å². The molecule has 116 valence electrons. The lowest BCUT2D eigenvalue weighted by Gasteiger charge is -2.04. The number of thioether (sulfide) groups is 1. The Morgan fingerprint density at radius 1 is 1.35 bits per heavy atom. The molecule has 3 rings (SSSR count). The van der Waals surface area contributed by atoms with Crippen LogP contribution in [-0.2, 0) is 4.79 Å². The topological polar surface area (TPSA) is 79.5 Å². The van der Waals surface area contributed by atoms with E-state index in [1.165, 1.54) is 17.8 Å². The number of benzene rings is 1. The van der Waals surface area contributed by atoms with Crippen LogP contribution in [-0.4, -0.2) is 21.3 Å². The first-order valence-electron chi connectivity index (χ1n) is 6.63. The van der Waals surface area contributed by atoms with Crippen LogP contribution >= 0.6 is 24.0 Å². The number of carbonyl (C=O) groups excluding carboxylic acids is 1. The molecule has 0 radical (unpaired) electrons. The van der Waals surface area contributed by atoms with Crippen molar-refractivity contribution in [2.24, 2.45) is 0 Å². The van der Waals surface area contributed by atoms with Crippen LogP contribution in [0.15, 0.2) is 39.7 Å². The molecule has 1 saturated heterocycles. The van der Waals surface area contributed by atoms with Crippen molar-refractivity contribution in [2.75, 3.05) is 0 Å². The van der Waals surface area contributed by atoms with Crippen LogP contribution in [0.25, 0.3) is 17.4 Å². The van der Waals surface area contributed by atoms with Crippen molar-refractivity contribution in [3.05, 3.63) is 52.1 Å². The molecule has 0 spiro atoms. The van der Waals surface area contributed by atoms with Gasteiger partial charge in [-0.2, -0.15) is 0 Å². The Morgan fingerprint density at radius 3 is 2.74 bits per heavy atom. The van der Waals surface area contributed by atoms with Crippen LogP contribution in [0.3, 0.4) is 0 Å². The molecule has 23 heavy (non-hydrogen) atoms. The van der Waals surface area contributed by atoms with Crippen molar-refractivity contribution in [1.82, 2.24) is 5.32 Å². The lowest BCUT2D eigenvalue weighted by Crippen LogP contribution is -2.17. The summed E-state index contributed by atoms with van der Waals surface area (Å²) in [7, 11) is 0. The SMILES string of the molecule is Cc1cc(C(=O)O)ccc1-c1ccc(C=C2SC(=S)NC2=O)o1. The van der Waals surface area contributed by atoms with Crippen LogP contribution in [0.2, 0.25) is 0 Å². The van der Waals surface area contributed by atoms with Crippen molar-refractivity contribution in [2.45, 2.75) is 6.92 Å². The second-order valence-electron chi connectivity index (χ2n) is 4.89. The van der Waals surface area contributed by atoms with Crippen molar-refractivity contribution in [3.63, 3.8) is 0 Å². The second-order valence-corrected chi connectivity index (χ2v) is 6.61. The number of nitrogens with one attached hydrogen (secondary N) is 1. The van der Waals surface area contributed by atoms with Gasteiger partial charge in [0.15, 0.2) is 0 Å². The Kier molecular flexibility index (Phi) is 4.06. The molecule has 1 amide bonds. The molecule has 1 aromatic heterocycles. The molecule has 2 N–H and O–H groups in total. The third-order valence-corrected chi connectivity index (χ3v) is 4.44. The summed E-state index contributed by atoms with van der Waals surface area (Å²) in [6, 6.07) is 8.37. The monoisotopic (exact) mass is 345 g/mol. The molecule has 0 unspecified atom stereocenters. The molecule has 2 heterocycles. The molecular weight excluding hydrogens is 334 g/mol. The Bertz CT molecular complexity index is 867. The van der Waals surface area contributed by atoms with Crippen LogP contribution in [0.4, 0.5) is 0 Å². The average molecular weight is 345 g/mol. The summed E-state index contributed by atoms with van der Waals surface area (Å²) in [5.41, 5.74) is 1.83. The standard InChI is InChI=1S/C16H11NO4S2/c1-8-6-9(15(19)20)2-4-11(8)12-5-3-10(21-12)7-13-14(18)17-16(22)23-13/h2-7H,1H3,(H,19,20)(H,17,18,22).